The molecule has 1 fully saturated rings. The van der Waals surface area contributed by atoms with Crippen LogP contribution in [0.2, 0.25) is 0 Å². The highest BCUT2D eigenvalue weighted by Crippen LogP contribution is 2.38. The maximum absolute atomic E-state index is 14.0. The van der Waals surface area contributed by atoms with Crippen molar-refractivity contribution in [3.8, 4) is 5.75 Å². The van der Waals surface area contributed by atoms with E-state index in [-0.39, 0.29) is 23.8 Å². The number of para-hydroxylation sites is 1. The lowest BCUT2D eigenvalue weighted by atomic mass is 10.0. The van der Waals surface area contributed by atoms with Gasteiger partial charge in [-0.1, -0.05) is 55.5 Å². The number of hydrogen-bond donors (Lipinski definition) is 1. The Bertz CT molecular complexity index is 946. The Kier molecular flexibility index (Phi) is 6.80. The van der Waals surface area contributed by atoms with Crippen molar-refractivity contribution in [2.24, 2.45) is 11.8 Å². The molecule has 1 aliphatic carbocycles. The first-order valence-corrected chi connectivity index (χ1v) is 11.4. The zero-order chi connectivity index (χ0) is 22.7. The summed E-state index contributed by atoms with van der Waals surface area (Å²) in [7, 11) is 4.00. The smallest absolute Gasteiger partial charge is 0.246 e. The number of nitrogens with one attached hydrogen (secondary N) is 1. The Morgan fingerprint density at radius 2 is 1.81 bits per heavy atom. The summed E-state index contributed by atoms with van der Waals surface area (Å²) in [4.78, 5) is 30.7. The maximum Gasteiger partial charge on any atom is 0.246 e. The lowest BCUT2D eigenvalue weighted by Gasteiger charge is -2.34. The molecule has 0 aromatic heterocycles. The number of fused-ring (bicyclic) bond motifs is 1. The van der Waals surface area contributed by atoms with Gasteiger partial charge in [0.05, 0.1) is 6.04 Å². The number of carbonyl (C=O) groups is 2. The summed E-state index contributed by atoms with van der Waals surface area (Å²) in [5.41, 5.74) is 2.02. The van der Waals surface area contributed by atoms with Crippen molar-refractivity contribution in [3.63, 3.8) is 0 Å². The molecule has 6 heteroatoms. The van der Waals surface area contributed by atoms with Gasteiger partial charge in [-0.05, 0) is 38.1 Å². The summed E-state index contributed by atoms with van der Waals surface area (Å²) in [6.45, 7) is 3.65. The number of likely N-dealkylation sites (N-methyl/N-ethyl adjacent to an activating group) is 1. The van der Waals surface area contributed by atoms with E-state index < -0.39 is 6.04 Å². The molecule has 2 aliphatic rings. The predicted octanol–water partition coefficient (Wildman–Crippen LogP) is 2.72. The third-order valence-corrected chi connectivity index (χ3v) is 6.39. The van der Waals surface area contributed by atoms with E-state index in [0.717, 1.165) is 23.3 Å². The fourth-order valence-corrected chi connectivity index (χ4v) is 4.41. The van der Waals surface area contributed by atoms with Crippen LogP contribution in [0.1, 0.15) is 24.5 Å². The predicted molar refractivity (Wildman–Crippen MR) is 124 cm³/mol. The van der Waals surface area contributed by atoms with Crippen LogP contribution < -0.4 is 10.1 Å². The van der Waals surface area contributed by atoms with Crippen LogP contribution in [-0.2, 0) is 22.6 Å². The minimum atomic E-state index is -0.604. The molecule has 1 aliphatic heterocycles. The fourth-order valence-electron chi connectivity index (χ4n) is 4.41. The third-order valence-electron chi connectivity index (χ3n) is 6.39. The molecule has 6 nitrogen and oxygen atoms in total. The van der Waals surface area contributed by atoms with Crippen molar-refractivity contribution in [2.75, 3.05) is 27.2 Å². The molecule has 2 aromatic carbocycles. The fraction of sp³-hybridized carbons (Fsp3) is 0.462. The lowest BCUT2D eigenvalue weighted by molar-refractivity contribution is -0.140. The van der Waals surface area contributed by atoms with E-state index in [2.05, 4.69) is 17.1 Å². The van der Waals surface area contributed by atoms with Crippen LogP contribution in [0, 0.1) is 11.8 Å². The van der Waals surface area contributed by atoms with Gasteiger partial charge in [0, 0.05) is 31.0 Å². The second-order valence-electron chi connectivity index (χ2n) is 9.37. The van der Waals surface area contributed by atoms with E-state index in [0.29, 0.717) is 32.0 Å². The Balaban J connectivity index is 1.61. The van der Waals surface area contributed by atoms with Gasteiger partial charge in [0.1, 0.15) is 18.4 Å². The molecule has 4 rings (SSSR count). The molecule has 1 saturated carbocycles. The number of ether oxygens (including phenoxy) is 1. The van der Waals surface area contributed by atoms with E-state index >= 15 is 0 Å². The van der Waals surface area contributed by atoms with Crippen LogP contribution in [0.5, 0.6) is 5.75 Å². The van der Waals surface area contributed by atoms with Crippen LogP contribution in [-0.4, -0.2) is 60.9 Å². The van der Waals surface area contributed by atoms with Gasteiger partial charge in [-0.3, -0.25) is 9.59 Å². The normalized spacial score (nSPS) is 23.0. The van der Waals surface area contributed by atoms with Crippen molar-refractivity contribution in [2.45, 2.75) is 38.4 Å². The first-order valence-electron chi connectivity index (χ1n) is 11.4. The standard InChI is InChI=1S/C26H33N3O3/c1-18-13-22(18)25(30)27-23(14-19-9-5-4-6-10-19)26(31)29-15-20-11-7-8-12-24(20)32-17-21(29)16-28(2)3/h4-12,18,21-23H,13-17H2,1-3H3,(H,27,30)/t18-,21+,22+,23+/m1/s1. The molecule has 170 valence electrons. The van der Waals surface area contributed by atoms with Gasteiger partial charge in [-0.15, -0.1) is 0 Å². The monoisotopic (exact) mass is 435 g/mol. The average molecular weight is 436 g/mol. The van der Waals surface area contributed by atoms with Crippen molar-refractivity contribution in [1.29, 1.82) is 0 Å². The SMILES string of the molecule is C[C@@H]1C[C@@H]1C(=O)N[C@@H](Cc1ccccc1)C(=O)N1Cc2ccccc2OC[C@@H]1CN(C)C. The van der Waals surface area contributed by atoms with Gasteiger partial charge in [0.25, 0.3) is 0 Å². The summed E-state index contributed by atoms with van der Waals surface area (Å²) >= 11 is 0. The van der Waals surface area contributed by atoms with Crippen LogP contribution in [0.25, 0.3) is 0 Å². The zero-order valence-electron chi connectivity index (χ0n) is 19.2. The van der Waals surface area contributed by atoms with Crippen molar-refractivity contribution >= 4 is 11.8 Å². The molecule has 1 N–H and O–H groups in total. The van der Waals surface area contributed by atoms with E-state index in [1.165, 1.54) is 0 Å². The average Bonchev–Trinajstić information content (AvgIpc) is 3.54. The Labute approximate surface area is 190 Å². The summed E-state index contributed by atoms with van der Waals surface area (Å²) in [6.07, 6.45) is 1.37. The quantitative estimate of drug-likeness (QED) is 0.727. The second kappa shape index (κ2) is 9.74. The number of nitrogens with zero attached hydrogens (tertiary/aromatic N) is 2. The third kappa shape index (κ3) is 5.30. The summed E-state index contributed by atoms with van der Waals surface area (Å²) in [5, 5.41) is 3.09. The van der Waals surface area contributed by atoms with Gasteiger partial charge in [0.15, 0.2) is 0 Å². The molecule has 1 heterocycles. The largest absolute Gasteiger partial charge is 0.491 e. The second-order valence-corrected chi connectivity index (χ2v) is 9.37. The molecule has 0 radical (unpaired) electrons. The molecule has 32 heavy (non-hydrogen) atoms. The van der Waals surface area contributed by atoms with E-state index in [4.69, 9.17) is 4.74 Å². The maximum atomic E-state index is 14.0. The number of hydrogen-bond acceptors (Lipinski definition) is 4. The molecule has 0 unspecified atom stereocenters. The molecular formula is C26H33N3O3. The molecule has 0 bridgehead atoms. The number of benzene rings is 2. The molecular weight excluding hydrogens is 402 g/mol. The molecule has 4 atom stereocenters. The molecule has 0 saturated heterocycles. The van der Waals surface area contributed by atoms with E-state index in [1.807, 2.05) is 73.6 Å². The van der Waals surface area contributed by atoms with Crippen LogP contribution >= 0.6 is 0 Å². The van der Waals surface area contributed by atoms with Crippen molar-refractivity contribution in [1.82, 2.24) is 15.1 Å². The topological polar surface area (TPSA) is 61.9 Å². The minimum absolute atomic E-state index is 0.0117. The van der Waals surface area contributed by atoms with Crippen molar-refractivity contribution in [3.05, 3.63) is 65.7 Å². The lowest BCUT2D eigenvalue weighted by Crippen LogP contribution is -2.55. The molecule has 2 amide bonds. The van der Waals surface area contributed by atoms with Gasteiger partial charge in [-0.25, -0.2) is 0 Å². The van der Waals surface area contributed by atoms with Gasteiger partial charge in [0.2, 0.25) is 11.8 Å². The van der Waals surface area contributed by atoms with Crippen LogP contribution in [0.3, 0.4) is 0 Å². The Hall–Kier alpha value is -2.86. The summed E-state index contributed by atoms with van der Waals surface area (Å²) < 4.78 is 6.08. The van der Waals surface area contributed by atoms with Gasteiger partial charge in [-0.2, -0.15) is 0 Å². The van der Waals surface area contributed by atoms with Gasteiger partial charge >= 0.3 is 0 Å². The van der Waals surface area contributed by atoms with Crippen molar-refractivity contribution < 1.29 is 14.3 Å². The van der Waals surface area contributed by atoms with E-state index in [9.17, 15) is 9.59 Å². The number of rotatable bonds is 7. The first kappa shape index (κ1) is 22.3. The zero-order valence-corrected chi connectivity index (χ0v) is 19.2. The highest BCUT2D eigenvalue weighted by Gasteiger charge is 2.41. The molecule has 2 aromatic rings. The Morgan fingerprint density at radius 1 is 1.12 bits per heavy atom. The van der Waals surface area contributed by atoms with Crippen LogP contribution in [0.4, 0.5) is 0 Å². The number of amides is 2. The minimum Gasteiger partial charge on any atom is -0.491 e. The van der Waals surface area contributed by atoms with E-state index in [1.54, 1.807) is 0 Å². The highest BCUT2D eigenvalue weighted by atomic mass is 16.5. The summed E-state index contributed by atoms with van der Waals surface area (Å²) in [5.74, 6) is 1.17. The molecule has 0 spiro atoms. The summed E-state index contributed by atoms with van der Waals surface area (Å²) in [6, 6.07) is 17.1. The highest BCUT2D eigenvalue weighted by molar-refractivity contribution is 5.90. The number of carbonyl (C=O) groups excluding carboxylic acids is 2. The Morgan fingerprint density at radius 3 is 2.50 bits per heavy atom. The van der Waals surface area contributed by atoms with Crippen LogP contribution in [0.15, 0.2) is 54.6 Å². The van der Waals surface area contributed by atoms with Gasteiger partial charge < -0.3 is 19.9 Å². The first-order chi connectivity index (χ1) is 15.4.